The Kier molecular flexibility index (Phi) is 7.46. The summed E-state index contributed by atoms with van der Waals surface area (Å²) >= 11 is 1.54. The standard InChI is InChI=1S/C24H26O5S/c1-5-28-19-9-7-16(12-21(19)26-3)11-18-15-30-23(24(18)25)14-17-8-10-20(29-6-2)22(13-17)27-4/h7-14H,5-6,15H2,1-4H3. The quantitative estimate of drug-likeness (QED) is 0.538. The highest BCUT2D eigenvalue weighted by atomic mass is 32.2. The van der Waals surface area contributed by atoms with Gasteiger partial charge in [-0.2, -0.15) is 0 Å². The topological polar surface area (TPSA) is 54.0 Å². The minimum atomic E-state index is 0.0423. The van der Waals surface area contributed by atoms with E-state index in [0.717, 1.165) is 16.7 Å². The normalized spacial score (nSPS) is 16.2. The molecule has 5 nitrogen and oxygen atoms in total. The second kappa shape index (κ2) is 10.3. The Morgan fingerprint density at radius 1 is 0.833 bits per heavy atom. The minimum absolute atomic E-state index is 0.0423. The molecule has 1 fully saturated rings. The predicted octanol–water partition coefficient (Wildman–Crippen LogP) is 5.24. The monoisotopic (exact) mass is 426 g/mol. The SMILES string of the molecule is CCOc1ccc(C=C2CSC(=Cc3ccc(OCC)c(OC)c3)C2=O)cc1OC. The number of methoxy groups -OCH3 is 2. The zero-order chi connectivity index (χ0) is 21.5. The molecular formula is C24H26O5S. The fourth-order valence-electron chi connectivity index (χ4n) is 3.11. The Morgan fingerprint density at radius 2 is 1.37 bits per heavy atom. The van der Waals surface area contributed by atoms with Crippen LogP contribution in [0.4, 0.5) is 0 Å². The molecule has 0 amide bonds. The van der Waals surface area contributed by atoms with Crippen molar-refractivity contribution in [2.24, 2.45) is 0 Å². The Morgan fingerprint density at radius 3 is 1.87 bits per heavy atom. The van der Waals surface area contributed by atoms with E-state index in [-0.39, 0.29) is 5.78 Å². The smallest absolute Gasteiger partial charge is 0.196 e. The van der Waals surface area contributed by atoms with Crippen molar-refractivity contribution in [2.75, 3.05) is 33.2 Å². The van der Waals surface area contributed by atoms with Crippen LogP contribution in [0.2, 0.25) is 0 Å². The van der Waals surface area contributed by atoms with Crippen LogP contribution < -0.4 is 18.9 Å². The summed E-state index contributed by atoms with van der Waals surface area (Å²) in [5.41, 5.74) is 2.56. The maximum absolute atomic E-state index is 12.9. The van der Waals surface area contributed by atoms with Gasteiger partial charge < -0.3 is 18.9 Å². The van der Waals surface area contributed by atoms with Crippen LogP contribution in [0.15, 0.2) is 46.9 Å². The molecule has 2 aromatic rings. The molecule has 0 saturated carbocycles. The second-order valence-electron chi connectivity index (χ2n) is 6.48. The van der Waals surface area contributed by atoms with Crippen LogP contribution in [0.3, 0.4) is 0 Å². The summed E-state index contributed by atoms with van der Waals surface area (Å²) in [6.07, 6.45) is 3.80. The van der Waals surface area contributed by atoms with Gasteiger partial charge in [0.1, 0.15) is 0 Å². The molecule has 1 heterocycles. The highest BCUT2D eigenvalue weighted by Crippen LogP contribution is 2.36. The Balaban J connectivity index is 1.82. The molecule has 1 saturated heterocycles. The van der Waals surface area contributed by atoms with Crippen LogP contribution in [-0.2, 0) is 4.79 Å². The molecule has 6 heteroatoms. The summed E-state index contributed by atoms with van der Waals surface area (Å²) in [6.45, 7) is 4.99. The number of carbonyl (C=O) groups excluding carboxylic acids is 1. The van der Waals surface area contributed by atoms with Crippen molar-refractivity contribution in [3.63, 3.8) is 0 Å². The molecule has 3 rings (SSSR count). The molecule has 158 valence electrons. The van der Waals surface area contributed by atoms with E-state index in [1.54, 1.807) is 14.2 Å². The lowest BCUT2D eigenvalue weighted by Crippen LogP contribution is -1.98. The van der Waals surface area contributed by atoms with E-state index in [2.05, 4.69) is 0 Å². The maximum Gasteiger partial charge on any atom is 0.196 e. The van der Waals surface area contributed by atoms with E-state index in [1.165, 1.54) is 11.8 Å². The van der Waals surface area contributed by atoms with E-state index in [4.69, 9.17) is 18.9 Å². The van der Waals surface area contributed by atoms with Crippen molar-refractivity contribution in [2.45, 2.75) is 13.8 Å². The van der Waals surface area contributed by atoms with Crippen molar-refractivity contribution in [3.05, 3.63) is 58.0 Å². The van der Waals surface area contributed by atoms with Gasteiger partial charge in [-0.25, -0.2) is 0 Å². The average molecular weight is 427 g/mol. The van der Waals surface area contributed by atoms with Gasteiger partial charge in [0.2, 0.25) is 0 Å². The van der Waals surface area contributed by atoms with Crippen LogP contribution in [0.5, 0.6) is 23.0 Å². The minimum Gasteiger partial charge on any atom is -0.493 e. The largest absolute Gasteiger partial charge is 0.493 e. The highest BCUT2D eigenvalue weighted by Gasteiger charge is 2.24. The fraction of sp³-hybridized carbons (Fsp3) is 0.292. The van der Waals surface area contributed by atoms with Crippen molar-refractivity contribution in [3.8, 4) is 23.0 Å². The van der Waals surface area contributed by atoms with Gasteiger partial charge in [0, 0.05) is 11.3 Å². The van der Waals surface area contributed by atoms with Gasteiger partial charge in [-0.05, 0) is 61.4 Å². The number of allylic oxidation sites excluding steroid dienone is 1. The first-order valence-corrected chi connectivity index (χ1v) is 10.8. The first kappa shape index (κ1) is 21.8. The fourth-order valence-corrected chi connectivity index (χ4v) is 4.12. The maximum atomic E-state index is 12.9. The van der Waals surface area contributed by atoms with Gasteiger partial charge in [0.05, 0.1) is 32.3 Å². The molecule has 30 heavy (non-hydrogen) atoms. The molecule has 1 aliphatic rings. The van der Waals surface area contributed by atoms with Crippen LogP contribution in [0.1, 0.15) is 25.0 Å². The van der Waals surface area contributed by atoms with E-state index >= 15 is 0 Å². The van der Waals surface area contributed by atoms with Crippen LogP contribution in [0.25, 0.3) is 12.2 Å². The lowest BCUT2D eigenvalue weighted by atomic mass is 10.1. The number of rotatable bonds is 8. The Hall–Kier alpha value is -2.86. The predicted molar refractivity (Wildman–Crippen MR) is 122 cm³/mol. The first-order valence-electron chi connectivity index (χ1n) is 9.81. The first-order chi connectivity index (χ1) is 14.6. The lowest BCUT2D eigenvalue weighted by molar-refractivity contribution is -0.111. The second-order valence-corrected chi connectivity index (χ2v) is 7.50. The number of carbonyl (C=O) groups is 1. The summed E-state index contributed by atoms with van der Waals surface area (Å²) in [7, 11) is 3.22. The van der Waals surface area contributed by atoms with Crippen LogP contribution >= 0.6 is 11.8 Å². The average Bonchev–Trinajstić information content (AvgIpc) is 3.09. The number of benzene rings is 2. The summed E-state index contributed by atoms with van der Waals surface area (Å²) < 4.78 is 21.9. The van der Waals surface area contributed by atoms with Crippen molar-refractivity contribution >= 4 is 29.7 Å². The summed E-state index contributed by atoms with van der Waals surface area (Å²) in [4.78, 5) is 13.6. The van der Waals surface area contributed by atoms with Gasteiger partial charge in [0.15, 0.2) is 28.8 Å². The number of ketones is 1. The number of ether oxygens (including phenoxy) is 4. The molecular weight excluding hydrogens is 400 g/mol. The molecule has 0 spiro atoms. The summed E-state index contributed by atoms with van der Waals surface area (Å²) in [5, 5.41) is 0. The lowest BCUT2D eigenvalue weighted by Gasteiger charge is -2.10. The third-order valence-electron chi connectivity index (χ3n) is 4.51. The molecule has 0 aliphatic carbocycles. The summed E-state index contributed by atoms with van der Waals surface area (Å²) in [5.74, 6) is 3.37. The number of Topliss-reactive ketones (excluding diaryl/α,β-unsaturated/α-hetero) is 1. The third-order valence-corrected chi connectivity index (χ3v) is 5.58. The number of hydrogen-bond acceptors (Lipinski definition) is 6. The molecule has 0 unspecified atom stereocenters. The van der Waals surface area contributed by atoms with Gasteiger partial charge >= 0.3 is 0 Å². The van der Waals surface area contributed by atoms with Crippen molar-refractivity contribution in [1.29, 1.82) is 0 Å². The molecule has 0 radical (unpaired) electrons. The molecule has 0 N–H and O–H groups in total. The van der Waals surface area contributed by atoms with Crippen molar-refractivity contribution < 1.29 is 23.7 Å². The molecule has 0 aromatic heterocycles. The van der Waals surface area contributed by atoms with Crippen LogP contribution in [-0.4, -0.2) is 39.0 Å². The molecule has 0 bridgehead atoms. The summed E-state index contributed by atoms with van der Waals surface area (Å²) in [6, 6.07) is 11.3. The molecule has 0 atom stereocenters. The van der Waals surface area contributed by atoms with Crippen LogP contribution in [0, 0.1) is 0 Å². The van der Waals surface area contributed by atoms with E-state index in [1.807, 2.05) is 62.4 Å². The zero-order valence-corrected chi connectivity index (χ0v) is 18.5. The molecule has 1 aliphatic heterocycles. The number of thioether (sulfide) groups is 1. The van der Waals surface area contributed by atoms with Gasteiger partial charge in [0.25, 0.3) is 0 Å². The zero-order valence-electron chi connectivity index (χ0n) is 17.7. The Bertz CT molecular complexity index is 900. The van der Waals surface area contributed by atoms with Crippen molar-refractivity contribution in [1.82, 2.24) is 0 Å². The Labute approximate surface area is 181 Å². The van der Waals surface area contributed by atoms with Gasteiger partial charge in [-0.15, -0.1) is 11.8 Å². The van der Waals surface area contributed by atoms with E-state index in [0.29, 0.717) is 46.9 Å². The van der Waals surface area contributed by atoms with Gasteiger partial charge in [-0.3, -0.25) is 4.79 Å². The van der Waals surface area contributed by atoms with E-state index < -0.39 is 0 Å². The van der Waals surface area contributed by atoms with E-state index in [9.17, 15) is 4.79 Å². The van der Waals surface area contributed by atoms with Gasteiger partial charge in [-0.1, -0.05) is 12.1 Å². The third kappa shape index (κ3) is 5.00. The number of hydrogen-bond donors (Lipinski definition) is 0. The molecule has 2 aromatic carbocycles. The highest BCUT2D eigenvalue weighted by molar-refractivity contribution is 8.05.